The van der Waals surface area contributed by atoms with Crippen molar-refractivity contribution >= 4 is 28.7 Å². The molecule has 1 aromatic heterocycles. The van der Waals surface area contributed by atoms with Gasteiger partial charge in [0, 0.05) is 23.6 Å². The third kappa shape index (κ3) is 5.50. The number of carbonyl (C=O) groups excluding carboxylic acids is 1. The first-order valence-corrected chi connectivity index (χ1v) is 12.5. The molecule has 1 heterocycles. The second-order valence-corrected chi connectivity index (χ2v) is 9.20. The molecule has 0 bridgehead atoms. The highest BCUT2D eigenvalue weighted by molar-refractivity contribution is 6.06. The molecule has 3 aromatic carbocycles. The molecule has 1 aliphatic rings. The van der Waals surface area contributed by atoms with Gasteiger partial charge in [-0.2, -0.15) is 10.4 Å². The number of aryl methyl sites for hydroxylation is 1. The van der Waals surface area contributed by atoms with Crippen molar-refractivity contribution in [3.05, 3.63) is 115 Å². The summed E-state index contributed by atoms with van der Waals surface area (Å²) in [7, 11) is 0. The smallest absolute Gasteiger partial charge is 0.379 e. The first-order chi connectivity index (χ1) is 19.7. The number of anilines is 1. The Morgan fingerprint density at radius 3 is 2.32 bits per heavy atom. The number of hydrazone groups is 1. The van der Waals surface area contributed by atoms with Crippen LogP contribution in [0.15, 0.2) is 76.2 Å². The van der Waals surface area contributed by atoms with Gasteiger partial charge >= 0.3 is 11.7 Å². The number of benzene rings is 3. The fourth-order valence-corrected chi connectivity index (χ4v) is 4.59. The van der Waals surface area contributed by atoms with Gasteiger partial charge in [0.15, 0.2) is 0 Å². The Morgan fingerprint density at radius 1 is 1.00 bits per heavy atom. The van der Waals surface area contributed by atoms with Crippen LogP contribution in [-0.4, -0.2) is 21.5 Å². The number of hydrogen-bond donors (Lipinski definition) is 1. The zero-order valence-corrected chi connectivity index (χ0v) is 21.6. The van der Waals surface area contributed by atoms with Crippen molar-refractivity contribution in [1.82, 2.24) is 0 Å². The first-order valence-electron chi connectivity index (χ1n) is 12.5. The molecular weight excluding hydrogens is 530 g/mol. The maximum atomic E-state index is 13.0. The molecule has 204 valence electrons. The third-order valence-electron chi connectivity index (χ3n) is 6.62. The number of carbonyl (C=O) groups is 1. The van der Waals surface area contributed by atoms with Crippen molar-refractivity contribution in [3.8, 4) is 22.9 Å². The molecule has 12 nitrogen and oxygen atoms in total. The van der Waals surface area contributed by atoms with E-state index in [0.29, 0.717) is 53.2 Å². The lowest BCUT2D eigenvalue weighted by Gasteiger charge is -2.13. The Morgan fingerprint density at radius 2 is 1.68 bits per heavy atom. The van der Waals surface area contributed by atoms with Crippen LogP contribution in [0.5, 0.6) is 5.75 Å². The van der Waals surface area contributed by atoms with Crippen LogP contribution in [0.4, 0.5) is 17.1 Å². The van der Waals surface area contributed by atoms with Crippen LogP contribution in [0.1, 0.15) is 45.8 Å². The Kier molecular flexibility index (Phi) is 7.25. The highest BCUT2D eigenvalue weighted by Crippen LogP contribution is 2.33. The summed E-state index contributed by atoms with van der Waals surface area (Å²) in [5, 5.41) is 35.8. The number of nitrogens with zero attached hydrogens (tertiary/aromatic N) is 4. The molecule has 0 fully saturated rings. The minimum absolute atomic E-state index is 0.00884. The van der Waals surface area contributed by atoms with Crippen LogP contribution in [-0.2, 0) is 6.42 Å². The van der Waals surface area contributed by atoms with Crippen LogP contribution >= 0.6 is 0 Å². The zero-order chi connectivity index (χ0) is 29.1. The molecule has 0 saturated carbocycles. The second kappa shape index (κ2) is 11.1. The first kappa shape index (κ1) is 26.8. The molecule has 5 rings (SSSR count). The lowest BCUT2D eigenvalue weighted by atomic mass is 9.93. The Balaban J connectivity index is 1.35. The minimum atomic E-state index is -0.726. The van der Waals surface area contributed by atoms with Gasteiger partial charge in [0.2, 0.25) is 5.76 Å². The van der Waals surface area contributed by atoms with E-state index in [1.54, 1.807) is 43.3 Å². The van der Waals surface area contributed by atoms with Crippen molar-refractivity contribution in [3.63, 3.8) is 0 Å². The van der Waals surface area contributed by atoms with Gasteiger partial charge in [-0.15, -0.1) is 0 Å². The van der Waals surface area contributed by atoms with Crippen molar-refractivity contribution < 1.29 is 23.8 Å². The molecule has 1 aliphatic carbocycles. The monoisotopic (exact) mass is 551 g/mol. The van der Waals surface area contributed by atoms with E-state index in [4.69, 9.17) is 14.4 Å². The van der Waals surface area contributed by atoms with Crippen LogP contribution in [0.25, 0.3) is 11.1 Å². The van der Waals surface area contributed by atoms with Crippen LogP contribution in [0.2, 0.25) is 0 Å². The fraction of sp³-hybridized carbons (Fsp3) is 0.138. The Bertz CT molecular complexity index is 1750. The zero-order valence-electron chi connectivity index (χ0n) is 21.6. The van der Waals surface area contributed by atoms with Gasteiger partial charge in [0.25, 0.3) is 5.69 Å². The number of ether oxygens (including phenoxy) is 1. The molecule has 4 aromatic rings. The van der Waals surface area contributed by atoms with Gasteiger partial charge in [-0.25, -0.2) is 4.79 Å². The third-order valence-corrected chi connectivity index (χ3v) is 6.62. The summed E-state index contributed by atoms with van der Waals surface area (Å²) in [6, 6.07) is 19.4. The van der Waals surface area contributed by atoms with Crippen LogP contribution in [0, 0.1) is 38.5 Å². The summed E-state index contributed by atoms with van der Waals surface area (Å²) < 4.78 is 11.4. The largest absolute Gasteiger partial charge is 0.453 e. The predicted molar refractivity (Wildman–Crippen MR) is 148 cm³/mol. The summed E-state index contributed by atoms with van der Waals surface area (Å²) in [4.78, 5) is 34.1. The van der Waals surface area contributed by atoms with Gasteiger partial charge in [-0.3, -0.25) is 25.7 Å². The van der Waals surface area contributed by atoms with Crippen LogP contribution in [0.3, 0.4) is 0 Å². The average Bonchev–Trinajstić information content (AvgIpc) is 3.33. The number of fused-ring (bicyclic) bond motifs is 1. The van der Waals surface area contributed by atoms with E-state index in [2.05, 4.69) is 16.6 Å². The Hall–Kier alpha value is -5.83. The molecule has 0 atom stereocenters. The van der Waals surface area contributed by atoms with E-state index in [9.17, 15) is 25.0 Å². The maximum absolute atomic E-state index is 13.0. The van der Waals surface area contributed by atoms with E-state index in [-0.39, 0.29) is 11.4 Å². The quantitative estimate of drug-likeness (QED) is 0.119. The normalized spacial score (nSPS) is 13.2. The molecule has 0 spiro atoms. The van der Waals surface area contributed by atoms with Crippen molar-refractivity contribution in [2.75, 3.05) is 5.43 Å². The van der Waals surface area contributed by atoms with E-state index in [0.717, 1.165) is 23.3 Å². The molecule has 0 radical (unpaired) electrons. The topological polar surface area (TPSA) is 174 Å². The Labute approximate surface area is 232 Å². The van der Waals surface area contributed by atoms with Gasteiger partial charge in [0.1, 0.15) is 17.2 Å². The predicted octanol–water partition coefficient (Wildman–Crippen LogP) is 6.31. The van der Waals surface area contributed by atoms with E-state index in [1.807, 2.05) is 12.1 Å². The number of hydrogen-bond acceptors (Lipinski definition) is 10. The SMILES string of the molecule is Cc1c(C(=O)Oc2ccc(-c3ccc(C#N)cc3)cc2)oc2c1/C(=N/Nc1ccc([N+](=O)[O-])cc1[N+](=O)[O-])CCC2. The number of non-ortho nitro benzene ring substituents is 1. The van der Waals surface area contributed by atoms with Crippen LogP contribution < -0.4 is 10.2 Å². The molecule has 0 aliphatic heterocycles. The standard InChI is InChI=1S/C29H21N5O7/c1-17-27-24(32-31-23-14-11-21(33(36)37)15-25(23)34(38)39)3-2-4-26(27)41-28(17)29(35)40-22-12-9-20(10-13-22)19-7-5-18(16-30)6-8-19/h5-15,31H,2-4H2,1H3/b32-24+. The number of furan rings is 1. The summed E-state index contributed by atoms with van der Waals surface area (Å²) in [5.74, 6) is 0.223. The van der Waals surface area contributed by atoms with Gasteiger partial charge < -0.3 is 9.15 Å². The van der Waals surface area contributed by atoms with Crippen molar-refractivity contribution in [2.24, 2.45) is 5.10 Å². The summed E-state index contributed by atoms with van der Waals surface area (Å²) in [6.45, 7) is 1.71. The molecule has 0 amide bonds. The van der Waals surface area contributed by atoms with E-state index < -0.39 is 27.2 Å². The summed E-state index contributed by atoms with van der Waals surface area (Å²) in [6.07, 6.45) is 1.76. The number of nitro benzene ring substituents is 2. The second-order valence-electron chi connectivity index (χ2n) is 9.20. The lowest BCUT2D eigenvalue weighted by molar-refractivity contribution is -0.393. The molecule has 0 saturated heterocycles. The van der Waals surface area contributed by atoms with Gasteiger partial charge in [-0.05, 0) is 61.2 Å². The summed E-state index contributed by atoms with van der Waals surface area (Å²) >= 11 is 0. The highest BCUT2D eigenvalue weighted by Gasteiger charge is 2.29. The van der Waals surface area contributed by atoms with Crippen molar-refractivity contribution in [2.45, 2.75) is 26.2 Å². The van der Waals surface area contributed by atoms with Gasteiger partial charge in [0.05, 0.1) is 33.3 Å². The molecule has 0 unspecified atom stereocenters. The number of rotatable bonds is 7. The number of esters is 1. The minimum Gasteiger partial charge on any atom is -0.453 e. The number of nitro groups is 2. The molecule has 1 N–H and O–H groups in total. The van der Waals surface area contributed by atoms with Crippen molar-refractivity contribution in [1.29, 1.82) is 5.26 Å². The van der Waals surface area contributed by atoms with E-state index in [1.165, 1.54) is 6.07 Å². The van der Waals surface area contributed by atoms with Gasteiger partial charge in [-0.1, -0.05) is 24.3 Å². The number of nitriles is 1. The molecule has 12 heteroatoms. The maximum Gasteiger partial charge on any atom is 0.379 e. The average molecular weight is 552 g/mol. The highest BCUT2D eigenvalue weighted by atomic mass is 16.6. The summed E-state index contributed by atoms with van der Waals surface area (Å²) in [5.41, 5.74) is 5.79. The molecular formula is C29H21N5O7. The lowest BCUT2D eigenvalue weighted by Crippen LogP contribution is -2.14. The molecule has 41 heavy (non-hydrogen) atoms. The fourth-order valence-electron chi connectivity index (χ4n) is 4.59. The van der Waals surface area contributed by atoms with E-state index >= 15 is 0 Å². The number of nitrogens with one attached hydrogen (secondary N) is 1.